The molecule has 2 aliphatic rings. The van der Waals surface area contributed by atoms with Crippen LogP contribution < -0.4 is 5.32 Å². The van der Waals surface area contributed by atoms with Crippen LogP contribution in [-0.4, -0.2) is 32.8 Å². The van der Waals surface area contributed by atoms with Crippen LogP contribution in [0.3, 0.4) is 0 Å². The van der Waals surface area contributed by atoms with Crippen molar-refractivity contribution in [1.82, 2.24) is 19.8 Å². The number of carbonyl (C=O) groups excluding carboxylic acids is 2. The van der Waals surface area contributed by atoms with Gasteiger partial charge in [0.1, 0.15) is 17.3 Å². The molecule has 7 heteroatoms. The molecule has 1 aliphatic heterocycles. The van der Waals surface area contributed by atoms with Gasteiger partial charge in [-0.3, -0.25) is 9.59 Å². The normalized spacial score (nSPS) is 19.6. The zero-order valence-corrected chi connectivity index (χ0v) is 14.3. The van der Waals surface area contributed by atoms with Crippen LogP contribution in [0.15, 0.2) is 29.0 Å². The van der Waals surface area contributed by atoms with E-state index in [2.05, 4.69) is 10.3 Å². The van der Waals surface area contributed by atoms with E-state index in [-0.39, 0.29) is 17.9 Å². The third kappa shape index (κ3) is 3.31. The van der Waals surface area contributed by atoms with Crippen molar-refractivity contribution in [2.75, 3.05) is 6.54 Å². The minimum atomic E-state index is -0.235. The van der Waals surface area contributed by atoms with Crippen molar-refractivity contribution in [2.24, 2.45) is 5.92 Å². The van der Waals surface area contributed by atoms with Crippen molar-refractivity contribution in [1.29, 1.82) is 0 Å². The average molecular weight is 342 g/mol. The molecular weight excluding hydrogens is 320 g/mol. The van der Waals surface area contributed by atoms with Crippen molar-refractivity contribution in [3.63, 3.8) is 0 Å². The van der Waals surface area contributed by atoms with E-state index in [1.165, 1.54) is 12.8 Å². The highest BCUT2D eigenvalue weighted by molar-refractivity contribution is 5.92. The van der Waals surface area contributed by atoms with Crippen LogP contribution in [-0.2, 0) is 17.9 Å². The van der Waals surface area contributed by atoms with Crippen molar-refractivity contribution < 1.29 is 14.0 Å². The van der Waals surface area contributed by atoms with Crippen LogP contribution in [0.1, 0.15) is 54.3 Å². The number of fused-ring (bicyclic) bond motifs is 1. The Hall–Kier alpha value is -2.57. The van der Waals surface area contributed by atoms with E-state index in [1.807, 2.05) is 22.5 Å². The van der Waals surface area contributed by atoms with Crippen molar-refractivity contribution in [3.05, 3.63) is 41.9 Å². The summed E-state index contributed by atoms with van der Waals surface area (Å²) in [6, 6.07) is 3.49. The van der Waals surface area contributed by atoms with Crippen molar-refractivity contribution in [3.8, 4) is 0 Å². The van der Waals surface area contributed by atoms with Gasteiger partial charge < -0.3 is 19.2 Å². The molecule has 7 nitrogen and oxygen atoms in total. The predicted octanol–water partition coefficient (Wildman–Crippen LogP) is 2.11. The summed E-state index contributed by atoms with van der Waals surface area (Å²) >= 11 is 0. The highest BCUT2D eigenvalue weighted by Crippen LogP contribution is 2.34. The fourth-order valence-corrected chi connectivity index (χ4v) is 3.30. The number of furan rings is 1. The standard InChI is InChI=1S/C18H22N4O3/c1-12-17-20-15(18(24)19-10-14-3-2-8-25-14)11-21(17)6-7-22(12)16(23)9-13-4-5-13/h2-3,8,11-13H,4-7,9-10H2,1H3,(H,19,24)/t12-/m1/s1. The number of hydrogen-bond acceptors (Lipinski definition) is 4. The molecule has 3 heterocycles. The van der Waals surface area contributed by atoms with Crippen LogP contribution in [0.4, 0.5) is 0 Å². The topological polar surface area (TPSA) is 80.4 Å². The highest BCUT2D eigenvalue weighted by Gasteiger charge is 2.33. The zero-order valence-electron chi connectivity index (χ0n) is 14.3. The third-order valence-corrected chi connectivity index (χ3v) is 4.95. The van der Waals surface area contributed by atoms with Gasteiger partial charge in [-0.1, -0.05) is 0 Å². The first-order valence-corrected chi connectivity index (χ1v) is 8.79. The van der Waals surface area contributed by atoms with Gasteiger partial charge in [0.25, 0.3) is 5.91 Å². The van der Waals surface area contributed by atoms with E-state index in [1.54, 1.807) is 18.5 Å². The largest absolute Gasteiger partial charge is 0.467 e. The molecule has 2 amide bonds. The lowest BCUT2D eigenvalue weighted by Crippen LogP contribution is -2.41. The number of nitrogens with one attached hydrogen (secondary N) is 1. The first kappa shape index (κ1) is 15.9. The molecule has 1 aliphatic carbocycles. The minimum absolute atomic E-state index is 0.105. The van der Waals surface area contributed by atoms with E-state index < -0.39 is 0 Å². The molecule has 1 atom stereocenters. The van der Waals surface area contributed by atoms with E-state index in [4.69, 9.17) is 4.42 Å². The van der Waals surface area contributed by atoms with E-state index in [9.17, 15) is 9.59 Å². The molecule has 1 fully saturated rings. The maximum Gasteiger partial charge on any atom is 0.271 e. The van der Waals surface area contributed by atoms with Gasteiger partial charge in [0.05, 0.1) is 18.8 Å². The quantitative estimate of drug-likeness (QED) is 0.902. The van der Waals surface area contributed by atoms with Crippen LogP contribution in [0.5, 0.6) is 0 Å². The Bertz CT molecular complexity index is 776. The Labute approximate surface area is 146 Å². The Morgan fingerprint density at radius 1 is 1.36 bits per heavy atom. The van der Waals surface area contributed by atoms with Crippen LogP contribution >= 0.6 is 0 Å². The number of aromatic nitrogens is 2. The first-order chi connectivity index (χ1) is 12.1. The van der Waals surface area contributed by atoms with Crippen LogP contribution in [0.25, 0.3) is 0 Å². The number of amides is 2. The van der Waals surface area contributed by atoms with Gasteiger partial charge in [0, 0.05) is 25.7 Å². The smallest absolute Gasteiger partial charge is 0.271 e. The summed E-state index contributed by atoms with van der Waals surface area (Å²) in [5, 5.41) is 2.80. The Morgan fingerprint density at radius 3 is 2.92 bits per heavy atom. The third-order valence-electron chi connectivity index (χ3n) is 4.95. The van der Waals surface area contributed by atoms with Gasteiger partial charge in [-0.2, -0.15) is 0 Å². The molecule has 0 unspecified atom stereocenters. The molecule has 4 rings (SSSR count). The number of rotatable bonds is 5. The predicted molar refractivity (Wildman–Crippen MR) is 89.6 cm³/mol. The zero-order chi connectivity index (χ0) is 17.4. The maximum absolute atomic E-state index is 12.4. The van der Waals surface area contributed by atoms with Gasteiger partial charge >= 0.3 is 0 Å². The summed E-state index contributed by atoms with van der Waals surface area (Å²) in [5.74, 6) is 2.01. The van der Waals surface area contributed by atoms with E-state index >= 15 is 0 Å². The second-order valence-corrected chi connectivity index (χ2v) is 6.85. The second-order valence-electron chi connectivity index (χ2n) is 6.85. The average Bonchev–Trinajstić information content (AvgIpc) is 3.11. The lowest BCUT2D eigenvalue weighted by Gasteiger charge is -2.33. The Balaban J connectivity index is 1.43. The van der Waals surface area contributed by atoms with Gasteiger partial charge in [-0.25, -0.2) is 4.98 Å². The number of carbonyl (C=O) groups is 2. The fraction of sp³-hybridized carbons (Fsp3) is 0.500. The number of nitrogens with zero attached hydrogens (tertiary/aromatic N) is 3. The fourth-order valence-electron chi connectivity index (χ4n) is 3.30. The van der Waals surface area contributed by atoms with Crippen LogP contribution in [0.2, 0.25) is 0 Å². The second kappa shape index (κ2) is 6.38. The maximum atomic E-state index is 12.4. The molecule has 1 saturated carbocycles. The molecule has 2 aromatic rings. The molecule has 0 saturated heterocycles. The molecule has 0 bridgehead atoms. The molecule has 0 aromatic carbocycles. The summed E-state index contributed by atoms with van der Waals surface area (Å²) < 4.78 is 7.19. The number of hydrogen-bond donors (Lipinski definition) is 1. The minimum Gasteiger partial charge on any atom is -0.467 e. The van der Waals surface area contributed by atoms with Gasteiger partial charge in [-0.05, 0) is 37.8 Å². The lowest BCUT2D eigenvalue weighted by molar-refractivity contribution is -0.134. The monoisotopic (exact) mass is 342 g/mol. The summed E-state index contributed by atoms with van der Waals surface area (Å²) in [7, 11) is 0. The Morgan fingerprint density at radius 2 is 2.20 bits per heavy atom. The Kier molecular flexibility index (Phi) is 4.07. The van der Waals surface area contributed by atoms with E-state index in [0.717, 1.165) is 5.82 Å². The molecule has 0 spiro atoms. The van der Waals surface area contributed by atoms with Gasteiger partial charge in [-0.15, -0.1) is 0 Å². The summed E-state index contributed by atoms with van der Waals surface area (Å²) in [6.07, 6.45) is 6.32. The lowest BCUT2D eigenvalue weighted by atomic mass is 10.1. The molecule has 1 N–H and O–H groups in total. The van der Waals surface area contributed by atoms with Crippen molar-refractivity contribution in [2.45, 2.75) is 45.3 Å². The van der Waals surface area contributed by atoms with Crippen LogP contribution in [0, 0.1) is 5.92 Å². The summed E-state index contributed by atoms with van der Waals surface area (Å²) in [5.41, 5.74) is 0.380. The van der Waals surface area contributed by atoms with E-state index in [0.29, 0.717) is 43.4 Å². The highest BCUT2D eigenvalue weighted by atomic mass is 16.3. The summed E-state index contributed by atoms with van der Waals surface area (Å²) in [4.78, 5) is 31.1. The SMILES string of the molecule is C[C@@H]1c2nc(C(=O)NCc3ccco3)cn2CCN1C(=O)CC1CC1. The summed E-state index contributed by atoms with van der Waals surface area (Å²) in [6.45, 7) is 3.65. The molecule has 132 valence electrons. The van der Waals surface area contributed by atoms with Gasteiger partial charge in [0.2, 0.25) is 5.91 Å². The van der Waals surface area contributed by atoms with Crippen molar-refractivity contribution >= 4 is 11.8 Å². The first-order valence-electron chi connectivity index (χ1n) is 8.79. The molecular formula is C18H22N4O3. The molecule has 2 aromatic heterocycles. The number of imidazole rings is 1. The molecule has 25 heavy (non-hydrogen) atoms. The molecule has 0 radical (unpaired) electrons. The van der Waals surface area contributed by atoms with Gasteiger partial charge in [0.15, 0.2) is 0 Å².